The Hall–Kier alpha value is -3.12. The van der Waals surface area contributed by atoms with Crippen LogP contribution >= 0.6 is 15.9 Å². The second-order valence-electron chi connectivity index (χ2n) is 6.12. The Kier molecular flexibility index (Phi) is 3.72. The lowest BCUT2D eigenvalue weighted by Crippen LogP contribution is -2.05. The predicted octanol–water partition coefficient (Wildman–Crippen LogP) is 4.68. The lowest BCUT2D eigenvalue weighted by atomic mass is 10.1. The summed E-state index contributed by atoms with van der Waals surface area (Å²) < 4.78 is 16.9. The van der Waals surface area contributed by atoms with Crippen molar-refractivity contribution >= 4 is 44.6 Å². The average molecular weight is 422 g/mol. The number of hydrogen-bond donors (Lipinski definition) is 0. The Morgan fingerprint density at radius 3 is 2.59 bits per heavy atom. The number of cyclic esters (lactones) is 1. The van der Waals surface area contributed by atoms with Crippen LogP contribution < -0.4 is 9.47 Å². The van der Waals surface area contributed by atoms with Crippen LogP contribution in [0.25, 0.3) is 16.8 Å². The standard InChI is InChI=1S/C21H12BrNO4/c22-16-10-19-18(25-11-26-19)9-15(16)8-17-21(24)27-20(23-17)14-6-5-12-3-1-2-4-13(12)7-14/h1-10H,11H2/b17-8+. The van der Waals surface area contributed by atoms with Crippen LogP contribution in [0.4, 0.5) is 0 Å². The van der Waals surface area contributed by atoms with Gasteiger partial charge < -0.3 is 14.2 Å². The molecule has 0 saturated heterocycles. The quantitative estimate of drug-likeness (QED) is 0.445. The minimum Gasteiger partial charge on any atom is -0.454 e. The Balaban J connectivity index is 1.53. The zero-order chi connectivity index (χ0) is 18.4. The van der Waals surface area contributed by atoms with E-state index in [0.717, 1.165) is 26.4 Å². The molecule has 3 aromatic rings. The van der Waals surface area contributed by atoms with Crippen LogP contribution in [0.15, 0.2) is 69.8 Å². The van der Waals surface area contributed by atoms with Gasteiger partial charge in [0.05, 0.1) is 0 Å². The summed E-state index contributed by atoms with van der Waals surface area (Å²) in [5, 5.41) is 2.18. The number of carbonyl (C=O) groups is 1. The summed E-state index contributed by atoms with van der Waals surface area (Å²) in [6.07, 6.45) is 1.67. The molecule has 2 heterocycles. The fraction of sp³-hybridized carbons (Fsp3) is 0.0476. The third-order valence-electron chi connectivity index (χ3n) is 4.40. The van der Waals surface area contributed by atoms with Crippen LogP contribution in [0.3, 0.4) is 0 Å². The molecule has 0 fully saturated rings. The minimum absolute atomic E-state index is 0.189. The Labute approximate surface area is 163 Å². The second kappa shape index (κ2) is 6.25. The molecule has 2 aliphatic rings. The lowest BCUT2D eigenvalue weighted by Gasteiger charge is -2.02. The van der Waals surface area contributed by atoms with Crippen molar-refractivity contribution in [3.8, 4) is 11.5 Å². The van der Waals surface area contributed by atoms with E-state index in [-0.39, 0.29) is 12.5 Å². The van der Waals surface area contributed by atoms with Gasteiger partial charge in [-0.3, -0.25) is 0 Å². The summed E-state index contributed by atoms with van der Waals surface area (Å²) in [6.45, 7) is 0.189. The van der Waals surface area contributed by atoms with Gasteiger partial charge >= 0.3 is 5.97 Å². The van der Waals surface area contributed by atoms with E-state index in [0.29, 0.717) is 17.4 Å². The van der Waals surface area contributed by atoms with Gasteiger partial charge in [0.15, 0.2) is 17.2 Å². The van der Waals surface area contributed by atoms with Crippen LogP contribution in [0.5, 0.6) is 11.5 Å². The number of fused-ring (bicyclic) bond motifs is 2. The maximum Gasteiger partial charge on any atom is 0.363 e. The number of hydrogen-bond acceptors (Lipinski definition) is 5. The van der Waals surface area contributed by atoms with Crippen molar-refractivity contribution in [1.29, 1.82) is 0 Å². The van der Waals surface area contributed by atoms with Crippen LogP contribution in [-0.4, -0.2) is 18.7 Å². The Bertz CT molecular complexity index is 1170. The molecule has 3 aromatic carbocycles. The van der Waals surface area contributed by atoms with Gasteiger partial charge in [0.25, 0.3) is 0 Å². The molecule has 2 aliphatic heterocycles. The highest BCUT2D eigenvalue weighted by Gasteiger charge is 2.25. The van der Waals surface area contributed by atoms with Gasteiger partial charge in [-0.15, -0.1) is 0 Å². The summed E-state index contributed by atoms with van der Waals surface area (Å²) in [7, 11) is 0. The monoisotopic (exact) mass is 421 g/mol. The van der Waals surface area contributed by atoms with Crippen LogP contribution in [-0.2, 0) is 9.53 Å². The Morgan fingerprint density at radius 1 is 0.963 bits per heavy atom. The number of aliphatic imine (C=N–C) groups is 1. The summed E-state index contributed by atoms with van der Waals surface area (Å²) in [6, 6.07) is 17.4. The van der Waals surface area contributed by atoms with Crippen molar-refractivity contribution in [2.75, 3.05) is 6.79 Å². The first-order chi connectivity index (χ1) is 13.2. The highest BCUT2D eigenvalue weighted by Crippen LogP contribution is 2.38. The number of ether oxygens (including phenoxy) is 3. The molecule has 0 radical (unpaired) electrons. The minimum atomic E-state index is -0.484. The zero-order valence-electron chi connectivity index (χ0n) is 13.9. The van der Waals surface area contributed by atoms with E-state index in [2.05, 4.69) is 20.9 Å². The van der Waals surface area contributed by atoms with Crippen molar-refractivity contribution in [1.82, 2.24) is 0 Å². The molecule has 0 amide bonds. The SMILES string of the molecule is O=C1OC(c2ccc3ccccc3c2)=N/C1=C/c1cc2c(cc1Br)OCO2. The van der Waals surface area contributed by atoms with Gasteiger partial charge in [0.1, 0.15) is 0 Å². The molecule has 0 spiro atoms. The summed E-state index contributed by atoms with van der Waals surface area (Å²) in [4.78, 5) is 16.7. The molecular formula is C21H12BrNO4. The molecule has 0 N–H and O–H groups in total. The number of rotatable bonds is 2. The average Bonchev–Trinajstić information content (AvgIpc) is 3.28. The molecule has 5 rings (SSSR count). The molecular weight excluding hydrogens is 410 g/mol. The first-order valence-corrected chi connectivity index (χ1v) is 9.07. The van der Waals surface area contributed by atoms with E-state index in [1.54, 1.807) is 12.1 Å². The lowest BCUT2D eigenvalue weighted by molar-refractivity contribution is -0.129. The van der Waals surface area contributed by atoms with Crippen molar-refractivity contribution in [2.24, 2.45) is 4.99 Å². The van der Waals surface area contributed by atoms with Crippen molar-refractivity contribution < 1.29 is 19.0 Å². The maximum atomic E-state index is 12.3. The van der Waals surface area contributed by atoms with Crippen molar-refractivity contribution in [3.63, 3.8) is 0 Å². The van der Waals surface area contributed by atoms with Crippen LogP contribution in [0.1, 0.15) is 11.1 Å². The molecule has 132 valence electrons. The van der Waals surface area contributed by atoms with Gasteiger partial charge in [-0.2, -0.15) is 0 Å². The number of carbonyl (C=O) groups excluding carboxylic acids is 1. The number of halogens is 1. The van der Waals surface area contributed by atoms with Crippen molar-refractivity contribution in [3.05, 3.63) is 75.9 Å². The first-order valence-electron chi connectivity index (χ1n) is 8.28. The molecule has 0 aliphatic carbocycles. The summed E-state index contributed by atoms with van der Waals surface area (Å²) >= 11 is 3.48. The third kappa shape index (κ3) is 2.88. The van der Waals surface area contributed by atoms with Crippen molar-refractivity contribution in [2.45, 2.75) is 0 Å². The van der Waals surface area contributed by atoms with E-state index < -0.39 is 5.97 Å². The van der Waals surface area contributed by atoms with Gasteiger partial charge in [-0.1, -0.05) is 46.3 Å². The van der Waals surface area contributed by atoms with Crippen LogP contribution in [0, 0.1) is 0 Å². The van der Waals surface area contributed by atoms with Gasteiger partial charge in [-0.25, -0.2) is 9.79 Å². The Morgan fingerprint density at radius 2 is 1.74 bits per heavy atom. The second-order valence-corrected chi connectivity index (χ2v) is 6.98. The largest absolute Gasteiger partial charge is 0.454 e. The first kappa shape index (κ1) is 16.1. The smallest absolute Gasteiger partial charge is 0.363 e. The van der Waals surface area contributed by atoms with Crippen LogP contribution in [0.2, 0.25) is 0 Å². The van der Waals surface area contributed by atoms with E-state index in [1.807, 2.05) is 48.5 Å². The van der Waals surface area contributed by atoms with Gasteiger partial charge in [0, 0.05) is 10.0 Å². The molecule has 27 heavy (non-hydrogen) atoms. The van der Waals surface area contributed by atoms with E-state index >= 15 is 0 Å². The fourth-order valence-electron chi connectivity index (χ4n) is 3.05. The number of benzene rings is 3. The van der Waals surface area contributed by atoms with Gasteiger partial charge in [0.2, 0.25) is 12.7 Å². The highest BCUT2D eigenvalue weighted by atomic mass is 79.9. The molecule has 5 nitrogen and oxygen atoms in total. The van der Waals surface area contributed by atoms with Gasteiger partial charge in [-0.05, 0) is 46.7 Å². The third-order valence-corrected chi connectivity index (χ3v) is 5.09. The zero-order valence-corrected chi connectivity index (χ0v) is 15.5. The predicted molar refractivity (Wildman–Crippen MR) is 105 cm³/mol. The molecule has 0 atom stereocenters. The molecule has 0 aromatic heterocycles. The molecule has 0 saturated carbocycles. The maximum absolute atomic E-state index is 12.3. The van der Waals surface area contributed by atoms with E-state index in [1.165, 1.54) is 0 Å². The molecule has 0 unspecified atom stereocenters. The topological polar surface area (TPSA) is 57.1 Å². The normalized spacial score (nSPS) is 16.7. The van der Waals surface area contributed by atoms with E-state index in [9.17, 15) is 4.79 Å². The fourth-order valence-corrected chi connectivity index (χ4v) is 3.48. The molecule has 6 heteroatoms. The summed E-state index contributed by atoms with van der Waals surface area (Å²) in [5.74, 6) is 1.12. The number of esters is 1. The summed E-state index contributed by atoms with van der Waals surface area (Å²) in [5.41, 5.74) is 1.75. The van der Waals surface area contributed by atoms with E-state index in [4.69, 9.17) is 14.2 Å². The highest BCUT2D eigenvalue weighted by molar-refractivity contribution is 9.10. The number of nitrogens with zero attached hydrogens (tertiary/aromatic N) is 1. The molecule has 0 bridgehead atoms.